The van der Waals surface area contributed by atoms with E-state index in [9.17, 15) is 4.79 Å². The fourth-order valence-electron chi connectivity index (χ4n) is 3.76. The molecule has 5 aromatic rings. The van der Waals surface area contributed by atoms with E-state index < -0.39 is 0 Å². The molecule has 0 spiro atoms. The molecule has 2 aromatic heterocycles. The monoisotopic (exact) mass is 506 g/mol. The second kappa shape index (κ2) is 10.6. The van der Waals surface area contributed by atoms with Crippen molar-refractivity contribution in [1.29, 1.82) is 0 Å². The van der Waals surface area contributed by atoms with Gasteiger partial charge in [-0.25, -0.2) is 15.0 Å². The van der Waals surface area contributed by atoms with Crippen LogP contribution in [0.5, 0.6) is 0 Å². The molecular formula is C29H26N6OS. The molecule has 0 atom stereocenters. The summed E-state index contributed by atoms with van der Waals surface area (Å²) in [6, 6.07) is 27.4. The molecule has 0 radical (unpaired) electrons. The fraction of sp³-hybridized carbons (Fsp3) is 0.103. The van der Waals surface area contributed by atoms with Crippen LogP contribution in [0.3, 0.4) is 0 Å². The molecule has 0 fully saturated rings. The number of thiazole rings is 1. The number of aromatic nitrogens is 3. The van der Waals surface area contributed by atoms with Crippen molar-refractivity contribution in [2.75, 3.05) is 16.0 Å². The maximum atomic E-state index is 12.9. The summed E-state index contributed by atoms with van der Waals surface area (Å²) in [5, 5.41) is 10.4. The first kappa shape index (κ1) is 24.1. The standard InChI is InChI=1S/C29H26N6OS/c1-18-9-11-22(12-10-18)33-25-17-26(32-20(3)31-25)34-23-13-15-24(16-14-23)35-28(36)27-19(2)30-29(37-27)21-7-5-4-6-8-21/h4-17H,1-3H3,(H,35,36)(H2,31,32,33,34). The Balaban J connectivity index is 1.25. The highest BCUT2D eigenvalue weighted by Crippen LogP contribution is 2.29. The van der Waals surface area contributed by atoms with Gasteiger partial charge in [0.15, 0.2) is 0 Å². The molecular weight excluding hydrogens is 480 g/mol. The Bertz CT molecular complexity index is 1530. The molecule has 3 aromatic carbocycles. The van der Waals surface area contributed by atoms with Gasteiger partial charge in [-0.05, 0) is 57.2 Å². The summed E-state index contributed by atoms with van der Waals surface area (Å²) in [6.07, 6.45) is 0. The molecule has 7 nitrogen and oxygen atoms in total. The van der Waals surface area contributed by atoms with Gasteiger partial charge in [0.2, 0.25) is 0 Å². The molecule has 0 unspecified atom stereocenters. The Hall–Kier alpha value is -4.56. The molecule has 37 heavy (non-hydrogen) atoms. The lowest BCUT2D eigenvalue weighted by molar-refractivity contribution is 0.103. The van der Waals surface area contributed by atoms with E-state index in [1.807, 2.05) is 98.8 Å². The van der Waals surface area contributed by atoms with Gasteiger partial charge in [0.25, 0.3) is 5.91 Å². The summed E-state index contributed by atoms with van der Waals surface area (Å²) >= 11 is 1.39. The minimum Gasteiger partial charge on any atom is -0.340 e. The highest BCUT2D eigenvalue weighted by atomic mass is 32.1. The fourth-order valence-corrected chi connectivity index (χ4v) is 4.73. The topological polar surface area (TPSA) is 91.8 Å². The van der Waals surface area contributed by atoms with E-state index in [1.165, 1.54) is 16.9 Å². The van der Waals surface area contributed by atoms with Crippen molar-refractivity contribution in [1.82, 2.24) is 15.0 Å². The van der Waals surface area contributed by atoms with Crippen molar-refractivity contribution in [2.24, 2.45) is 0 Å². The Morgan fingerprint density at radius 3 is 1.89 bits per heavy atom. The molecule has 0 bridgehead atoms. The van der Waals surface area contributed by atoms with Crippen molar-refractivity contribution >= 4 is 45.9 Å². The van der Waals surface area contributed by atoms with E-state index in [2.05, 4.69) is 37.8 Å². The maximum Gasteiger partial charge on any atom is 0.267 e. The van der Waals surface area contributed by atoms with Crippen molar-refractivity contribution in [3.05, 3.63) is 107 Å². The van der Waals surface area contributed by atoms with E-state index in [0.29, 0.717) is 33.7 Å². The number of hydrogen-bond donors (Lipinski definition) is 3. The van der Waals surface area contributed by atoms with Gasteiger partial charge in [-0.3, -0.25) is 4.79 Å². The molecule has 1 amide bonds. The van der Waals surface area contributed by atoms with Gasteiger partial charge in [-0.1, -0.05) is 48.0 Å². The molecule has 184 valence electrons. The van der Waals surface area contributed by atoms with Crippen molar-refractivity contribution < 1.29 is 4.79 Å². The third-order valence-electron chi connectivity index (χ3n) is 5.60. The van der Waals surface area contributed by atoms with Gasteiger partial charge in [0.1, 0.15) is 27.3 Å². The second-order valence-corrected chi connectivity index (χ2v) is 9.63. The number of carbonyl (C=O) groups is 1. The molecule has 0 aliphatic carbocycles. The zero-order valence-corrected chi connectivity index (χ0v) is 21.6. The highest BCUT2D eigenvalue weighted by Gasteiger charge is 2.16. The number of rotatable bonds is 7. The lowest BCUT2D eigenvalue weighted by Gasteiger charge is -2.11. The van der Waals surface area contributed by atoms with E-state index in [0.717, 1.165) is 21.9 Å². The van der Waals surface area contributed by atoms with Crippen LogP contribution in [0.25, 0.3) is 10.6 Å². The number of nitrogens with one attached hydrogen (secondary N) is 3. The number of anilines is 5. The normalized spacial score (nSPS) is 10.7. The Morgan fingerprint density at radius 1 is 0.703 bits per heavy atom. The number of aryl methyl sites for hydroxylation is 3. The number of hydrogen-bond acceptors (Lipinski definition) is 7. The van der Waals surface area contributed by atoms with E-state index in [4.69, 9.17) is 0 Å². The third kappa shape index (κ3) is 5.99. The summed E-state index contributed by atoms with van der Waals surface area (Å²) in [4.78, 5) is 27.1. The molecule has 0 saturated carbocycles. The summed E-state index contributed by atoms with van der Waals surface area (Å²) in [5.41, 5.74) is 5.42. The number of carbonyl (C=O) groups excluding carboxylic acids is 1. The Kier molecular flexibility index (Phi) is 6.91. The van der Waals surface area contributed by atoms with Gasteiger partial charge in [0, 0.05) is 28.7 Å². The van der Waals surface area contributed by atoms with Crippen LogP contribution < -0.4 is 16.0 Å². The predicted octanol–water partition coefficient (Wildman–Crippen LogP) is 7.26. The molecule has 0 saturated heterocycles. The molecule has 0 aliphatic heterocycles. The number of benzene rings is 3. The predicted molar refractivity (Wildman–Crippen MR) is 151 cm³/mol. The largest absolute Gasteiger partial charge is 0.340 e. The molecule has 5 rings (SSSR count). The van der Waals surface area contributed by atoms with Crippen LogP contribution in [0.2, 0.25) is 0 Å². The Morgan fingerprint density at radius 2 is 1.27 bits per heavy atom. The van der Waals surface area contributed by atoms with E-state index >= 15 is 0 Å². The van der Waals surface area contributed by atoms with Gasteiger partial charge < -0.3 is 16.0 Å². The molecule has 0 aliphatic rings. The summed E-state index contributed by atoms with van der Waals surface area (Å²) in [5.74, 6) is 1.86. The van der Waals surface area contributed by atoms with Gasteiger partial charge in [-0.15, -0.1) is 11.3 Å². The van der Waals surface area contributed by atoms with Gasteiger partial charge in [0.05, 0.1) is 5.69 Å². The highest BCUT2D eigenvalue weighted by molar-refractivity contribution is 7.17. The lowest BCUT2D eigenvalue weighted by Crippen LogP contribution is -2.11. The quantitative estimate of drug-likeness (QED) is 0.215. The smallest absolute Gasteiger partial charge is 0.267 e. The van der Waals surface area contributed by atoms with Crippen LogP contribution in [0.15, 0.2) is 84.9 Å². The molecule has 8 heteroatoms. The van der Waals surface area contributed by atoms with Crippen LogP contribution in [0.1, 0.15) is 26.8 Å². The van der Waals surface area contributed by atoms with Crippen LogP contribution in [0, 0.1) is 20.8 Å². The van der Waals surface area contributed by atoms with E-state index in [-0.39, 0.29) is 5.91 Å². The first-order valence-electron chi connectivity index (χ1n) is 11.8. The second-order valence-electron chi connectivity index (χ2n) is 8.63. The molecule has 2 heterocycles. The van der Waals surface area contributed by atoms with Crippen molar-refractivity contribution in [2.45, 2.75) is 20.8 Å². The summed E-state index contributed by atoms with van der Waals surface area (Å²) in [6.45, 7) is 5.77. The number of nitrogens with zero attached hydrogens (tertiary/aromatic N) is 3. The van der Waals surface area contributed by atoms with E-state index in [1.54, 1.807) is 0 Å². The van der Waals surface area contributed by atoms with Crippen LogP contribution in [-0.4, -0.2) is 20.9 Å². The maximum absolute atomic E-state index is 12.9. The summed E-state index contributed by atoms with van der Waals surface area (Å²) in [7, 11) is 0. The summed E-state index contributed by atoms with van der Waals surface area (Å²) < 4.78 is 0. The van der Waals surface area contributed by atoms with Gasteiger partial charge >= 0.3 is 0 Å². The Labute approximate surface area is 219 Å². The van der Waals surface area contributed by atoms with Crippen molar-refractivity contribution in [3.63, 3.8) is 0 Å². The lowest BCUT2D eigenvalue weighted by atomic mass is 10.2. The minimum atomic E-state index is -0.170. The first-order valence-corrected chi connectivity index (χ1v) is 12.7. The SMILES string of the molecule is Cc1ccc(Nc2cc(Nc3ccc(NC(=O)c4sc(-c5ccccc5)nc4C)cc3)nc(C)n2)cc1. The average molecular weight is 507 g/mol. The number of amides is 1. The first-order chi connectivity index (χ1) is 17.9. The van der Waals surface area contributed by atoms with Crippen LogP contribution in [-0.2, 0) is 0 Å². The van der Waals surface area contributed by atoms with Crippen LogP contribution in [0.4, 0.5) is 28.7 Å². The zero-order valence-electron chi connectivity index (χ0n) is 20.7. The minimum absolute atomic E-state index is 0.170. The van der Waals surface area contributed by atoms with Gasteiger partial charge in [-0.2, -0.15) is 0 Å². The van der Waals surface area contributed by atoms with Crippen LogP contribution >= 0.6 is 11.3 Å². The van der Waals surface area contributed by atoms with Crippen molar-refractivity contribution in [3.8, 4) is 10.6 Å². The third-order valence-corrected chi connectivity index (χ3v) is 6.81. The zero-order chi connectivity index (χ0) is 25.8. The average Bonchev–Trinajstić information content (AvgIpc) is 3.28. The molecule has 3 N–H and O–H groups in total.